The maximum Gasteiger partial charge on any atom is 0.347 e. The second kappa shape index (κ2) is 9.88. The lowest BCUT2D eigenvalue weighted by molar-refractivity contribution is -0.152. The number of thiophene rings is 1. The van der Waals surface area contributed by atoms with Gasteiger partial charge in [0.05, 0.1) is 11.4 Å². The average Bonchev–Trinajstić information content (AvgIpc) is 3.37. The molecule has 0 bridgehead atoms. The minimum absolute atomic E-state index is 0.227. The number of halogens is 2. The topological polar surface area (TPSA) is 66.8 Å². The lowest BCUT2D eigenvalue weighted by Gasteiger charge is -2.21. The molecule has 1 amide bonds. The molecule has 0 radical (unpaired) electrons. The van der Waals surface area contributed by atoms with E-state index in [1.54, 1.807) is 36.4 Å². The summed E-state index contributed by atoms with van der Waals surface area (Å²) >= 11 is 7.99. The number of carbonyl (C=O) groups is 2. The molecule has 1 aliphatic rings. The van der Waals surface area contributed by atoms with Crippen LogP contribution in [-0.4, -0.2) is 31.8 Å². The molecule has 0 aliphatic carbocycles. The van der Waals surface area contributed by atoms with E-state index in [-0.39, 0.29) is 12.5 Å². The molecule has 5 nitrogen and oxygen atoms in total. The molecule has 1 aromatic heterocycles. The third kappa shape index (κ3) is 5.61. The largest absolute Gasteiger partial charge is 0.478 e. The Balaban J connectivity index is 1.45. The van der Waals surface area contributed by atoms with Crippen LogP contribution in [0.1, 0.15) is 24.3 Å². The summed E-state index contributed by atoms with van der Waals surface area (Å²) in [5.74, 6) is -2.72. The van der Waals surface area contributed by atoms with Crippen LogP contribution in [0.5, 0.6) is 5.75 Å². The van der Waals surface area contributed by atoms with Crippen molar-refractivity contribution in [3.05, 3.63) is 80.9 Å². The Bertz CT molecular complexity index is 1350. The highest BCUT2D eigenvalue weighted by molar-refractivity contribution is 8.26. The van der Waals surface area contributed by atoms with Crippen molar-refractivity contribution in [2.45, 2.75) is 26.0 Å². The number of carboxylic acids is 1. The predicted octanol–water partition coefficient (Wildman–Crippen LogP) is 6.34. The number of nitrogens with zero attached hydrogens (tertiary/aromatic N) is 1. The van der Waals surface area contributed by atoms with E-state index in [0.29, 0.717) is 20.5 Å². The van der Waals surface area contributed by atoms with Crippen molar-refractivity contribution in [3.63, 3.8) is 0 Å². The standard InChI is InChI=1S/C25H19F2NO4S3/c1-25(2,23(30)31)32-17-6-3-14(4-7-17)12-28-22(29)21(35-24(28)33)11-18-9-16(13-34-18)15-5-8-19(26)20(27)10-15/h3-11,13H,12H2,1-2H3,(H,30,31)/b21-11-. The molecule has 10 heteroatoms. The number of aliphatic carboxylic acids is 1. The number of rotatable bonds is 7. The summed E-state index contributed by atoms with van der Waals surface area (Å²) in [7, 11) is 0. The first kappa shape index (κ1) is 25.0. The monoisotopic (exact) mass is 531 g/mol. The zero-order valence-electron chi connectivity index (χ0n) is 18.6. The van der Waals surface area contributed by atoms with Crippen LogP contribution in [0.2, 0.25) is 0 Å². The Kier molecular flexibility index (Phi) is 7.07. The number of amides is 1. The lowest BCUT2D eigenvalue weighted by Crippen LogP contribution is -2.37. The van der Waals surface area contributed by atoms with Crippen molar-refractivity contribution in [3.8, 4) is 16.9 Å². The van der Waals surface area contributed by atoms with Gasteiger partial charge >= 0.3 is 5.97 Å². The maximum atomic E-state index is 13.6. The quantitative estimate of drug-likeness (QED) is 0.284. The number of carbonyl (C=O) groups excluding carboxylic acids is 1. The number of thiocarbonyl (C=S) groups is 1. The molecule has 35 heavy (non-hydrogen) atoms. The summed E-state index contributed by atoms with van der Waals surface area (Å²) < 4.78 is 32.7. The molecule has 3 aromatic rings. The van der Waals surface area contributed by atoms with Gasteiger partial charge in [0.1, 0.15) is 10.1 Å². The van der Waals surface area contributed by atoms with Gasteiger partial charge in [0.2, 0.25) is 0 Å². The zero-order valence-corrected chi connectivity index (χ0v) is 21.0. The van der Waals surface area contributed by atoms with Crippen molar-refractivity contribution < 1.29 is 28.2 Å². The highest BCUT2D eigenvalue weighted by Crippen LogP contribution is 2.36. The van der Waals surface area contributed by atoms with Crippen LogP contribution in [0.4, 0.5) is 8.78 Å². The van der Waals surface area contributed by atoms with Gasteiger partial charge in [-0.25, -0.2) is 13.6 Å². The van der Waals surface area contributed by atoms with Gasteiger partial charge < -0.3 is 9.84 Å². The molecular weight excluding hydrogens is 512 g/mol. The van der Waals surface area contributed by atoms with E-state index in [1.807, 2.05) is 5.38 Å². The van der Waals surface area contributed by atoms with Crippen LogP contribution in [-0.2, 0) is 16.1 Å². The Labute approximate surface area is 214 Å². The molecule has 2 aromatic carbocycles. The minimum atomic E-state index is -1.36. The molecular formula is C25H19F2NO4S3. The van der Waals surface area contributed by atoms with Crippen LogP contribution in [0.3, 0.4) is 0 Å². The van der Waals surface area contributed by atoms with Crippen molar-refractivity contribution in [1.29, 1.82) is 0 Å². The summed E-state index contributed by atoms with van der Waals surface area (Å²) in [4.78, 5) is 27.0. The van der Waals surface area contributed by atoms with E-state index in [2.05, 4.69) is 0 Å². The molecule has 0 unspecified atom stereocenters. The number of carboxylic acid groups (broad SMARTS) is 1. The fourth-order valence-electron chi connectivity index (χ4n) is 3.20. The molecule has 0 spiro atoms. The lowest BCUT2D eigenvalue weighted by atomic mass is 10.1. The number of benzene rings is 2. The van der Waals surface area contributed by atoms with Crippen molar-refractivity contribution >= 4 is 57.6 Å². The Morgan fingerprint density at radius 3 is 2.49 bits per heavy atom. The van der Waals surface area contributed by atoms with Gasteiger partial charge in [0.15, 0.2) is 17.2 Å². The fourth-order valence-corrected chi connectivity index (χ4v) is 5.37. The Morgan fingerprint density at radius 2 is 1.83 bits per heavy atom. The SMILES string of the molecule is CC(C)(Oc1ccc(CN2C(=O)/C(=C/c3cc(-c4ccc(F)c(F)c4)cs3)SC2=S)cc1)C(=O)O. The van der Waals surface area contributed by atoms with Gasteiger partial charge in [-0.1, -0.05) is 42.2 Å². The van der Waals surface area contributed by atoms with E-state index in [0.717, 1.165) is 28.1 Å². The van der Waals surface area contributed by atoms with Gasteiger partial charge in [-0.3, -0.25) is 9.69 Å². The summed E-state index contributed by atoms with van der Waals surface area (Å²) in [6.07, 6.45) is 1.73. The smallest absolute Gasteiger partial charge is 0.347 e. The summed E-state index contributed by atoms with van der Waals surface area (Å²) in [5.41, 5.74) is 0.715. The molecule has 180 valence electrons. The van der Waals surface area contributed by atoms with Crippen molar-refractivity contribution in [2.24, 2.45) is 0 Å². The van der Waals surface area contributed by atoms with E-state index in [4.69, 9.17) is 17.0 Å². The summed E-state index contributed by atoms with van der Waals surface area (Å²) in [6.45, 7) is 3.18. The van der Waals surface area contributed by atoms with Crippen LogP contribution in [0.15, 0.2) is 58.8 Å². The third-order valence-electron chi connectivity index (χ3n) is 5.17. The third-order valence-corrected chi connectivity index (χ3v) is 7.43. The van der Waals surface area contributed by atoms with Gasteiger partial charge in [0.25, 0.3) is 5.91 Å². The van der Waals surface area contributed by atoms with E-state index in [9.17, 15) is 23.5 Å². The van der Waals surface area contributed by atoms with Crippen LogP contribution < -0.4 is 4.74 Å². The van der Waals surface area contributed by atoms with E-state index in [1.165, 1.54) is 47.9 Å². The first-order chi connectivity index (χ1) is 16.5. The van der Waals surface area contributed by atoms with Crippen LogP contribution in [0.25, 0.3) is 17.2 Å². The van der Waals surface area contributed by atoms with Gasteiger partial charge in [0, 0.05) is 4.88 Å². The van der Waals surface area contributed by atoms with Gasteiger partial charge in [-0.15, -0.1) is 11.3 Å². The number of hydrogen-bond acceptors (Lipinski definition) is 6. The zero-order chi connectivity index (χ0) is 25.3. The van der Waals surface area contributed by atoms with Gasteiger partial charge in [-0.05, 0) is 72.3 Å². The summed E-state index contributed by atoms with van der Waals surface area (Å²) in [6, 6.07) is 12.3. The summed E-state index contributed by atoms with van der Waals surface area (Å²) in [5, 5.41) is 11.0. The van der Waals surface area contributed by atoms with E-state index >= 15 is 0 Å². The fraction of sp³-hybridized carbons (Fsp3) is 0.160. The molecule has 4 rings (SSSR count). The normalized spacial score (nSPS) is 15.2. The predicted molar refractivity (Wildman–Crippen MR) is 137 cm³/mol. The maximum absolute atomic E-state index is 13.6. The second-order valence-electron chi connectivity index (χ2n) is 8.20. The second-order valence-corrected chi connectivity index (χ2v) is 10.8. The number of ether oxygens (including phenoxy) is 1. The number of hydrogen-bond donors (Lipinski definition) is 1. The molecule has 2 heterocycles. The van der Waals surface area contributed by atoms with Crippen LogP contribution in [0, 0.1) is 11.6 Å². The first-order valence-corrected chi connectivity index (χ1v) is 12.4. The van der Waals surface area contributed by atoms with E-state index < -0.39 is 23.2 Å². The van der Waals surface area contributed by atoms with Crippen molar-refractivity contribution in [1.82, 2.24) is 4.90 Å². The molecule has 1 fully saturated rings. The Morgan fingerprint density at radius 1 is 1.11 bits per heavy atom. The average molecular weight is 532 g/mol. The highest BCUT2D eigenvalue weighted by Gasteiger charge is 2.32. The Hall–Kier alpha value is -3.08. The molecule has 0 saturated carbocycles. The first-order valence-electron chi connectivity index (χ1n) is 10.3. The molecule has 1 N–H and O–H groups in total. The molecule has 1 aliphatic heterocycles. The molecule has 1 saturated heterocycles. The highest BCUT2D eigenvalue weighted by atomic mass is 32.2. The van der Waals surface area contributed by atoms with Gasteiger partial charge in [-0.2, -0.15) is 0 Å². The minimum Gasteiger partial charge on any atom is -0.478 e. The van der Waals surface area contributed by atoms with Crippen LogP contribution >= 0.6 is 35.3 Å². The molecule has 0 atom stereocenters. The number of thioether (sulfide) groups is 1. The van der Waals surface area contributed by atoms with Crippen molar-refractivity contribution in [2.75, 3.05) is 0 Å².